The number of allylic oxidation sites excluding steroid dienone is 2. The average Bonchev–Trinajstić information content (AvgIpc) is 3.12. The van der Waals surface area contributed by atoms with E-state index in [4.69, 9.17) is 9.47 Å². The Morgan fingerprint density at radius 3 is 2.18 bits per heavy atom. The van der Waals surface area contributed by atoms with Crippen molar-refractivity contribution in [2.75, 3.05) is 23.9 Å². The summed E-state index contributed by atoms with van der Waals surface area (Å²) in [6.45, 7) is 5.42. The first-order valence-corrected chi connectivity index (χ1v) is 11.9. The molecule has 0 saturated carbocycles. The van der Waals surface area contributed by atoms with Crippen molar-refractivity contribution in [3.8, 4) is 5.75 Å². The number of hydrogen-bond donors (Lipinski definition) is 1. The van der Waals surface area contributed by atoms with Crippen molar-refractivity contribution >= 4 is 35.1 Å². The number of nitrogens with zero attached hydrogens (tertiary/aromatic N) is 1. The number of Topliss-reactive ketones (excluding diaryl/α,β-unsaturated/α-hetero) is 1. The van der Waals surface area contributed by atoms with E-state index in [2.05, 4.69) is 5.32 Å². The van der Waals surface area contributed by atoms with Crippen LogP contribution in [0.15, 0.2) is 83.7 Å². The number of methoxy groups -OCH3 is 1. The number of rotatable bonds is 7. The van der Waals surface area contributed by atoms with Gasteiger partial charge >= 0.3 is 5.97 Å². The van der Waals surface area contributed by atoms with Gasteiger partial charge in [-0.2, -0.15) is 0 Å². The number of anilines is 2. The first-order chi connectivity index (χ1) is 18.2. The van der Waals surface area contributed by atoms with Crippen LogP contribution in [0.4, 0.5) is 15.8 Å². The fourth-order valence-electron chi connectivity index (χ4n) is 4.27. The van der Waals surface area contributed by atoms with Crippen LogP contribution in [0, 0.1) is 19.7 Å². The zero-order valence-electron chi connectivity index (χ0n) is 21.5. The van der Waals surface area contributed by atoms with Crippen LogP contribution in [0.5, 0.6) is 5.75 Å². The molecule has 0 fully saturated rings. The molecule has 0 unspecified atom stereocenters. The molecule has 0 bridgehead atoms. The van der Waals surface area contributed by atoms with Crippen LogP contribution >= 0.6 is 0 Å². The van der Waals surface area contributed by atoms with Crippen LogP contribution in [0.2, 0.25) is 0 Å². The highest BCUT2D eigenvalue weighted by molar-refractivity contribution is 6.30. The van der Waals surface area contributed by atoms with Gasteiger partial charge in [-0.15, -0.1) is 0 Å². The summed E-state index contributed by atoms with van der Waals surface area (Å²) in [5.74, 6) is -1.44. The van der Waals surface area contributed by atoms with E-state index in [1.165, 1.54) is 31.4 Å². The number of carbonyl (C=O) groups excluding carboxylic acids is 3. The summed E-state index contributed by atoms with van der Waals surface area (Å²) in [6, 6.07) is 18.2. The third-order valence-corrected chi connectivity index (χ3v) is 5.93. The van der Waals surface area contributed by atoms with Gasteiger partial charge in [-0.05, 0) is 92.1 Å². The molecule has 1 N–H and O–H groups in total. The SMILES string of the molecule is COC(=O)C1=C(C)N(c2cc(C)cc(C)c2)/C(=C\c2ccc(OCC(=O)Nc3ccc(F)cc3)cc2)C1=O. The number of benzene rings is 3. The number of nitrogens with one attached hydrogen (secondary N) is 1. The zero-order valence-corrected chi connectivity index (χ0v) is 21.5. The van der Waals surface area contributed by atoms with Crippen molar-refractivity contribution in [3.63, 3.8) is 0 Å². The van der Waals surface area contributed by atoms with Crippen LogP contribution in [-0.4, -0.2) is 31.4 Å². The number of ether oxygens (including phenoxy) is 2. The van der Waals surface area contributed by atoms with Gasteiger partial charge in [0.25, 0.3) is 5.91 Å². The second-order valence-electron chi connectivity index (χ2n) is 8.90. The van der Waals surface area contributed by atoms with Crippen LogP contribution in [-0.2, 0) is 19.1 Å². The normalized spacial score (nSPS) is 14.2. The first-order valence-electron chi connectivity index (χ1n) is 11.9. The van der Waals surface area contributed by atoms with Gasteiger partial charge in [-0.25, -0.2) is 9.18 Å². The van der Waals surface area contributed by atoms with Crippen LogP contribution in [0.25, 0.3) is 6.08 Å². The minimum absolute atomic E-state index is 0.00923. The van der Waals surface area contributed by atoms with Crippen molar-refractivity contribution in [3.05, 3.63) is 106 Å². The second kappa shape index (κ2) is 11.1. The van der Waals surface area contributed by atoms with Gasteiger partial charge in [0.1, 0.15) is 17.1 Å². The lowest BCUT2D eigenvalue weighted by atomic mass is 10.1. The van der Waals surface area contributed by atoms with E-state index in [1.54, 1.807) is 42.2 Å². The summed E-state index contributed by atoms with van der Waals surface area (Å²) in [4.78, 5) is 39.7. The molecule has 0 saturated heterocycles. The van der Waals surface area contributed by atoms with E-state index in [0.29, 0.717) is 28.4 Å². The minimum Gasteiger partial charge on any atom is -0.484 e. The van der Waals surface area contributed by atoms with Gasteiger partial charge in [0.15, 0.2) is 6.61 Å². The Bertz CT molecular complexity index is 1440. The maximum Gasteiger partial charge on any atom is 0.343 e. The number of amides is 1. The Morgan fingerprint density at radius 1 is 0.947 bits per heavy atom. The van der Waals surface area contributed by atoms with Crippen molar-refractivity contribution in [1.29, 1.82) is 0 Å². The largest absolute Gasteiger partial charge is 0.484 e. The number of ketones is 1. The monoisotopic (exact) mass is 514 g/mol. The van der Waals surface area contributed by atoms with E-state index >= 15 is 0 Å². The van der Waals surface area contributed by atoms with Gasteiger partial charge < -0.3 is 19.7 Å². The Kier molecular flexibility index (Phi) is 7.71. The Hall–Kier alpha value is -4.72. The number of hydrogen-bond acceptors (Lipinski definition) is 6. The number of aryl methyl sites for hydroxylation is 2. The smallest absolute Gasteiger partial charge is 0.343 e. The molecule has 3 aromatic carbocycles. The zero-order chi connectivity index (χ0) is 27.4. The lowest BCUT2D eigenvalue weighted by molar-refractivity contribution is -0.137. The third kappa shape index (κ3) is 5.81. The molecule has 1 heterocycles. The Morgan fingerprint density at radius 2 is 1.58 bits per heavy atom. The molecule has 194 valence electrons. The predicted octanol–water partition coefficient (Wildman–Crippen LogP) is 5.34. The van der Waals surface area contributed by atoms with Gasteiger partial charge in [0.05, 0.1) is 12.8 Å². The van der Waals surface area contributed by atoms with Crippen LogP contribution < -0.4 is 15.0 Å². The molecular formula is C30H27FN2O5. The Balaban J connectivity index is 1.54. The topological polar surface area (TPSA) is 84.9 Å². The quantitative estimate of drug-likeness (QED) is 0.260. The maximum absolute atomic E-state index is 13.3. The van der Waals surface area contributed by atoms with E-state index in [0.717, 1.165) is 16.8 Å². The summed E-state index contributed by atoms with van der Waals surface area (Å²) >= 11 is 0. The van der Waals surface area contributed by atoms with Gasteiger partial charge in [-0.3, -0.25) is 9.59 Å². The lowest BCUT2D eigenvalue weighted by Crippen LogP contribution is -2.20. The minimum atomic E-state index is -0.687. The van der Waals surface area contributed by atoms with Crippen molar-refractivity contribution in [2.45, 2.75) is 20.8 Å². The molecule has 0 spiro atoms. The van der Waals surface area contributed by atoms with E-state index in [9.17, 15) is 18.8 Å². The predicted molar refractivity (Wildman–Crippen MR) is 143 cm³/mol. The van der Waals surface area contributed by atoms with Gasteiger partial charge in [-0.1, -0.05) is 18.2 Å². The maximum atomic E-state index is 13.3. The summed E-state index contributed by atoms with van der Waals surface area (Å²) in [6.07, 6.45) is 1.70. The van der Waals surface area contributed by atoms with Gasteiger partial charge in [0.2, 0.25) is 5.78 Å². The van der Waals surface area contributed by atoms with E-state index in [1.807, 2.05) is 32.0 Å². The molecular weight excluding hydrogens is 487 g/mol. The lowest BCUT2D eigenvalue weighted by Gasteiger charge is -2.22. The molecule has 1 amide bonds. The molecule has 0 atom stereocenters. The fourth-order valence-corrected chi connectivity index (χ4v) is 4.27. The van der Waals surface area contributed by atoms with Crippen LogP contribution in [0.3, 0.4) is 0 Å². The molecule has 7 nitrogen and oxygen atoms in total. The van der Waals surface area contributed by atoms with Gasteiger partial charge in [0, 0.05) is 17.1 Å². The molecule has 0 aliphatic carbocycles. The standard InChI is InChI=1S/C30H27FN2O5/c1-18-13-19(2)15-24(14-18)33-20(3)28(30(36)37-4)29(35)26(33)16-21-5-11-25(12-6-21)38-17-27(34)32-23-9-7-22(31)8-10-23/h5-16H,17H2,1-4H3,(H,32,34)/b26-16-. The van der Waals surface area contributed by atoms with E-state index < -0.39 is 17.6 Å². The molecule has 0 aromatic heterocycles. The summed E-state index contributed by atoms with van der Waals surface area (Å²) < 4.78 is 23.4. The fraction of sp³-hybridized carbons (Fsp3) is 0.167. The molecule has 8 heteroatoms. The molecule has 1 aliphatic heterocycles. The highest BCUT2D eigenvalue weighted by Gasteiger charge is 2.38. The van der Waals surface area contributed by atoms with E-state index in [-0.39, 0.29) is 18.1 Å². The summed E-state index contributed by atoms with van der Waals surface area (Å²) in [5.41, 5.74) is 4.78. The Labute approximate surface area is 220 Å². The number of halogens is 1. The molecule has 4 rings (SSSR count). The highest BCUT2D eigenvalue weighted by Crippen LogP contribution is 2.36. The molecule has 1 aliphatic rings. The number of carbonyl (C=O) groups is 3. The van der Waals surface area contributed by atoms with Crippen molar-refractivity contribution in [2.24, 2.45) is 0 Å². The second-order valence-corrected chi connectivity index (χ2v) is 8.90. The average molecular weight is 515 g/mol. The molecule has 3 aromatic rings. The highest BCUT2D eigenvalue weighted by atomic mass is 19.1. The van der Waals surface area contributed by atoms with Crippen molar-refractivity contribution < 1.29 is 28.2 Å². The number of esters is 1. The van der Waals surface area contributed by atoms with Crippen LogP contribution in [0.1, 0.15) is 23.6 Å². The first kappa shape index (κ1) is 26.3. The third-order valence-electron chi connectivity index (χ3n) is 5.93. The molecule has 0 radical (unpaired) electrons. The summed E-state index contributed by atoms with van der Waals surface area (Å²) in [7, 11) is 1.25. The summed E-state index contributed by atoms with van der Waals surface area (Å²) in [5, 5.41) is 2.63. The van der Waals surface area contributed by atoms with Crippen molar-refractivity contribution in [1.82, 2.24) is 0 Å². The molecule has 38 heavy (non-hydrogen) atoms.